The smallest absolute Gasteiger partial charge is 0.0146 e. The Morgan fingerprint density at radius 1 is 1.31 bits per heavy atom. The van der Waals surface area contributed by atoms with Crippen LogP contribution in [0.4, 0.5) is 0 Å². The Kier molecular flexibility index (Phi) is 4.31. The summed E-state index contributed by atoms with van der Waals surface area (Å²) < 4.78 is 0. The molecule has 13 heavy (non-hydrogen) atoms. The average Bonchev–Trinajstić information content (AvgIpc) is 2.15. The van der Waals surface area contributed by atoms with E-state index < -0.39 is 0 Å². The standard InChI is InChI=1S/C13H17/c1-3-4-5-6-10-13-11-8-7-9-12(13)2/h6-9,11H,3-5H2,1-2H3. The first-order valence-corrected chi connectivity index (χ1v) is 4.98. The molecular weight excluding hydrogens is 156 g/mol. The molecule has 0 amide bonds. The molecule has 1 rings (SSSR count). The van der Waals surface area contributed by atoms with Crippen molar-refractivity contribution >= 4 is 0 Å². The van der Waals surface area contributed by atoms with E-state index in [9.17, 15) is 0 Å². The van der Waals surface area contributed by atoms with E-state index in [0.29, 0.717) is 0 Å². The largest absolute Gasteiger partial charge is 0.0760 e. The lowest BCUT2D eigenvalue weighted by molar-refractivity contribution is 0.813. The molecule has 0 nitrogen and oxygen atoms in total. The molecule has 1 aromatic rings. The fraction of sp³-hybridized carbons (Fsp3) is 0.385. The minimum atomic E-state index is 1.14. The van der Waals surface area contributed by atoms with Gasteiger partial charge in [-0.05, 0) is 30.5 Å². The van der Waals surface area contributed by atoms with Gasteiger partial charge in [0, 0.05) is 0 Å². The minimum absolute atomic E-state index is 1.14. The number of hydrogen-bond acceptors (Lipinski definition) is 0. The van der Waals surface area contributed by atoms with E-state index in [0.717, 1.165) is 6.42 Å². The number of allylic oxidation sites excluding steroid dienone is 1. The third kappa shape index (κ3) is 3.45. The van der Waals surface area contributed by atoms with Gasteiger partial charge in [-0.1, -0.05) is 50.1 Å². The molecule has 0 N–H and O–H groups in total. The van der Waals surface area contributed by atoms with Crippen LogP contribution in [0.3, 0.4) is 0 Å². The first-order valence-electron chi connectivity index (χ1n) is 4.98. The first-order chi connectivity index (χ1) is 6.34. The van der Waals surface area contributed by atoms with E-state index in [1.165, 1.54) is 24.0 Å². The molecule has 0 bridgehead atoms. The molecule has 69 valence electrons. The van der Waals surface area contributed by atoms with Crippen LogP contribution in [-0.2, 0) is 0 Å². The second kappa shape index (κ2) is 5.58. The Hall–Kier alpha value is -1.04. The van der Waals surface area contributed by atoms with Gasteiger partial charge in [0.25, 0.3) is 0 Å². The van der Waals surface area contributed by atoms with Gasteiger partial charge < -0.3 is 0 Å². The summed E-state index contributed by atoms with van der Waals surface area (Å²) in [5, 5.41) is 0. The molecule has 0 saturated heterocycles. The van der Waals surface area contributed by atoms with Crippen molar-refractivity contribution in [3.63, 3.8) is 0 Å². The number of rotatable bonds is 4. The third-order valence-electron chi connectivity index (χ3n) is 2.10. The van der Waals surface area contributed by atoms with Crippen LogP contribution in [0.25, 0.3) is 0 Å². The molecular formula is C13H17. The highest BCUT2D eigenvalue weighted by molar-refractivity contribution is 5.30. The van der Waals surface area contributed by atoms with E-state index >= 15 is 0 Å². The van der Waals surface area contributed by atoms with Crippen molar-refractivity contribution in [2.24, 2.45) is 0 Å². The van der Waals surface area contributed by atoms with Gasteiger partial charge in [-0.3, -0.25) is 0 Å². The van der Waals surface area contributed by atoms with E-state index in [4.69, 9.17) is 0 Å². The fourth-order valence-electron chi connectivity index (χ4n) is 1.22. The molecule has 1 radical (unpaired) electrons. The summed E-state index contributed by atoms with van der Waals surface area (Å²) in [7, 11) is 0. The lowest BCUT2D eigenvalue weighted by Gasteiger charge is -1.97. The van der Waals surface area contributed by atoms with Crippen LogP contribution in [0.1, 0.15) is 37.3 Å². The SMILES string of the molecule is CCCC/C=[C]\c1ccccc1C. The Balaban J connectivity index is 2.53. The first kappa shape index (κ1) is 10.0. The summed E-state index contributed by atoms with van der Waals surface area (Å²) in [5.41, 5.74) is 2.52. The summed E-state index contributed by atoms with van der Waals surface area (Å²) in [6, 6.07) is 8.35. The molecule has 0 heteroatoms. The molecule has 1 aromatic carbocycles. The van der Waals surface area contributed by atoms with Gasteiger partial charge in [-0.2, -0.15) is 0 Å². The predicted octanol–water partition coefficient (Wildman–Crippen LogP) is 3.89. The lowest BCUT2D eigenvalue weighted by Crippen LogP contribution is -1.79. The second-order valence-corrected chi connectivity index (χ2v) is 3.31. The maximum absolute atomic E-state index is 3.32. The maximum atomic E-state index is 3.32. The monoisotopic (exact) mass is 173 g/mol. The van der Waals surface area contributed by atoms with Gasteiger partial charge in [0.05, 0.1) is 0 Å². The summed E-state index contributed by atoms with van der Waals surface area (Å²) in [6.07, 6.45) is 9.13. The fourth-order valence-corrected chi connectivity index (χ4v) is 1.22. The Morgan fingerprint density at radius 3 is 2.77 bits per heavy atom. The summed E-state index contributed by atoms with van der Waals surface area (Å²) in [6.45, 7) is 4.33. The van der Waals surface area contributed by atoms with E-state index in [1.54, 1.807) is 0 Å². The molecule has 0 spiro atoms. The molecule has 0 aromatic heterocycles. The zero-order chi connectivity index (χ0) is 9.52. The van der Waals surface area contributed by atoms with Crippen LogP contribution in [0.15, 0.2) is 30.3 Å². The van der Waals surface area contributed by atoms with E-state index in [1.807, 2.05) is 0 Å². The maximum Gasteiger partial charge on any atom is -0.0146 e. The normalized spacial score (nSPS) is 10.9. The summed E-state index contributed by atoms with van der Waals surface area (Å²) in [5.74, 6) is 0. The van der Waals surface area contributed by atoms with Crippen molar-refractivity contribution in [1.82, 2.24) is 0 Å². The number of benzene rings is 1. The van der Waals surface area contributed by atoms with Crippen LogP contribution in [0, 0.1) is 13.0 Å². The average molecular weight is 173 g/mol. The van der Waals surface area contributed by atoms with Gasteiger partial charge in [-0.25, -0.2) is 0 Å². The van der Waals surface area contributed by atoms with Crippen LogP contribution in [0.5, 0.6) is 0 Å². The van der Waals surface area contributed by atoms with Crippen molar-refractivity contribution in [3.8, 4) is 0 Å². The Bertz CT molecular complexity index is 271. The second-order valence-electron chi connectivity index (χ2n) is 3.31. The number of hydrogen-bond donors (Lipinski definition) is 0. The number of aryl methyl sites for hydroxylation is 1. The van der Waals surface area contributed by atoms with Crippen molar-refractivity contribution in [2.75, 3.05) is 0 Å². The lowest BCUT2D eigenvalue weighted by atomic mass is 10.1. The highest BCUT2D eigenvalue weighted by atomic mass is 13.9. The quantitative estimate of drug-likeness (QED) is 0.606. The molecule has 0 aliphatic carbocycles. The Morgan fingerprint density at radius 2 is 2.08 bits per heavy atom. The zero-order valence-electron chi connectivity index (χ0n) is 8.51. The summed E-state index contributed by atoms with van der Waals surface area (Å²) in [4.78, 5) is 0. The third-order valence-corrected chi connectivity index (χ3v) is 2.10. The van der Waals surface area contributed by atoms with Gasteiger partial charge in [-0.15, -0.1) is 0 Å². The van der Waals surface area contributed by atoms with Crippen molar-refractivity contribution in [1.29, 1.82) is 0 Å². The van der Waals surface area contributed by atoms with Crippen molar-refractivity contribution < 1.29 is 0 Å². The van der Waals surface area contributed by atoms with E-state index in [-0.39, 0.29) is 0 Å². The van der Waals surface area contributed by atoms with Crippen molar-refractivity contribution in [3.05, 3.63) is 47.5 Å². The molecule has 0 heterocycles. The highest BCUT2D eigenvalue weighted by Crippen LogP contribution is 2.07. The molecule has 0 saturated carbocycles. The van der Waals surface area contributed by atoms with Crippen LogP contribution in [0.2, 0.25) is 0 Å². The topological polar surface area (TPSA) is 0 Å². The van der Waals surface area contributed by atoms with Gasteiger partial charge in [0.2, 0.25) is 0 Å². The summed E-state index contributed by atoms with van der Waals surface area (Å²) >= 11 is 0. The predicted molar refractivity (Wildman–Crippen MR) is 57.6 cm³/mol. The van der Waals surface area contributed by atoms with Crippen LogP contribution in [-0.4, -0.2) is 0 Å². The van der Waals surface area contributed by atoms with Crippen LogP contribution < -0.4 is 0 Å². The molecule has 0 unspecified atom stereocenters. The minimum Gasteiger partial charge on any atom is -0.0760 e. The van der Waals surface area contributed by atoms with Gasteiger partial charge in [0.15, 0.2) is 0 Å². The van der Waals surface area contributed by atoms with Crippen LogP contribution >= 0.6 is 0 Å². The number of unbranched alkanes of at least 4 members (excludes halogenated alkanes) is 2. The molecule has 0 aliphatic heterocycles. The van der Waals surface area contributed by atoms with Gasteiger partial charge >= 0.3 is 0 Å². The zero-order valence-corrected chi connectivity index (χ0v) is 8.51. The molecule has 0 fully saturated rings. The van der Waals surface area contributed by atoms with E-state index in [2.05, 4.69) is 50.3 Å². The highest BCUT2D eigenvalue weighted by Gasteiger charge is 1.90. The molecule has 0 aliphatic rings. The molecule has 0 atom stereocenters. The van der Waals surface area contributed by atoms with Gasteiger partial charge in [0.1, 0.15) is 0 Å². The Labute approximate surface area is 81.3 Å². The van der Waals surface area contributed by atoms with Crippen molar-refractivity contribution in [2.45, 2.75) is 33.1 Å².